The minimum atomic E-state index is -3.59. The molecule has 3 rings (SSSR count). The summed E-state index contributed by atoms with van der Waals surface area (Å²) in [5, 5.41) is 6.73. The monoisotopic (exact) mass is 387 g/mol. The van der Waals surface area contributed by atoms with Crippen LogP contribution in [0, 0.1) is 5.82 Å². The van der Waals surface area contributed by atoms with Crippen LogP contribution in [0.3, 0.4) is 0 Å². The van der Waals surface area contributed by atoms with Crippen molar-refractivity contribution in [2.75, 3.05) is 12.3 Å². The van der Waals surface area contributed by atoms with Gasteiger partial charge in [-0.3, -0.25) is 9.48 Å². The fourth-order valence-electron chi connectivity index (χ4n) is 2.55. The van der Waals surface area contributed by atoms with Gasteiger partial charge in [-0.2, -0.15) is 5.10 Å². The van der Waals surface area contributed by atoms with Gasteiger partial charge in [-0.15, -0.1) is 0 Å². The second kappa shape index (κ2) is 8.13. The zero-order chi connectivity index (χ0) is 19.3. The highest BCUT2D eigenvalue weighted by Gasteiger charge is 2.15. The second-order valence-corrected chi connectivity index (χ2v) is 8.04. The Kier molecular flexibility index (Phi) is 5.66. The van der Waals surface area contributed by atoms with Crippen LogP contribution in [-0.4, -0.2) is 36.4 Å². The van der Waals surface area contributed by atoms with Gasteiger partial charge < -0.3 is 5.32 Å². The Morgan fingerprint density at radius 1 is 1.11 bits per heavy atom. The van der Waals surface area contributed by atoms with Crippen LogP contribution in [0.25, 0.3) is 0 Å². The van der Waals surface area contributed by atoms with Crippen molar-refractivity contribution >= 4 is 15.7 Å². The van der Waals surface area contributed by atoms with Gasteiger partial charge in [0.2, 0.25) is 0 Å². The van der Waals surface area contributed by atoms with E-state index in [0.717, 1.165) is 17.7 Å². The molecule has 0 fully saturated rings. The molecular weight excluding hydrogens is 369 g/mol. The van der Waals surface area contributed by atoms with Crippen molar-refractivity contribution in [1.29, 1.82) is 0 Å². The number of carbonyl (C=O) groups is 1. The second-order valence-electron chi connectivity index (χ2n) is 5.93. The Morgan fingerprint density at radius 2 is 1.89 bits per heavy atom. The maximum Gasteiger partial charge on any atom is 0.251 e. The van der Waals surface area contributed by atoms with Gasteiger partial charge in [-0.05, 0) is 48.0 Å². The van der Waals surface area contributed by atoms with Crippen LogP contribution in [0.15, 0.2) is 71.9 Å². The van der Waals surface area contributed by atoms with Crippen molar-refractivity contribution in [2.24, 2.45) is 0 Å². The van der Waals surface area contributed by atoms with E-state index in [1.54, 1.807) is 29.1 Å². The maximum absolute atomic E-state index is 12.9. The molecule has 0 bridgehead atoms. The van der Waals surface area contributed by atoms with Crippen molar-refractivity contribution in [2.45, 2.75) is 11.4 Å². The smallest absolute Gasteiger partial charge is 0.251 e. The van der Waals surface area contributed by atoms with E-state index >= 15 is 0 Å². The Labute approximate surface area is 156 Å². The first-order valence-corrected chi connectivity index (χ1v) is 9.92. The predicted molar refractivity (Wildman–Crippen MR) is 98.6 cm³/mol. The average molecular weight is 387 g/mol. The van der Waals surface area contributed by atoms with E-state index in [1.807, 2.05) is 18.3 Å². The zero-order valence-electron chi connectivity index (χ0n) is 14.4. The lowest BCUT2D eigenvalue weighted by atomic mass is 10.1. The van der Waals surface area contributed by atoms with E-state index < -0.39 is 15.7 Å². The van der Waals surface area contributed by atoms with Crippen LogP contribution in [0.4, 0.5) is 4.39 Å². The van der Waals surface area contributed by atoms with Crippen molar-refractivity contribution in [3.05, 3.63) is 83.9 Å². The lowest BCUT2D eigenvalue weighted by Gasteiger charge is -2.08. The first-order chi connectivity index (χ1) is 12.9. The molecule has 6 nitrogen and oxygen atoms in total. The summed E-state index contributed by atoms with van der Waals surface area (Å²) in [5.74, 6) is -1.12. The number of nitrogens with one attached hydrogen (secondary N) is 1. The third kappa shape index (κ3) is 5.01. The maximum atomic E-state index is 12.9. The molecule has 27 heavy (non-hydrogen) atoms. The van der Waals surface area contributed by atoms with Crippen LogP contribution in [-0.2, 0) is 16.4 Å². The first-order valence-electron chi connectivity index (χ1n) is 8.27. The minimum absolute atomic E-state index is 0.0272. The third-order valence-electron chi connectivity index (χ3n) is 3.92. The number of hydrogen-bond donors (Lipinski definition) is 1. The molecule has 0 unspecified atom stereocenters. The van der Waals surface area contributed by atoms with Crippen molar-refractivity contribution in [3.63, 3.8) is 0 Å². The van der Waals surface area contributed by atoms with Gasteiger partial charge in [0.05, 0.1) is 17.2 Å². The number of halogens is 1. The molecule has 3 aromatic rings. The summed E-state index contributed by atoms with van der Waals surface area (Å²) in [4.78, 5) is 12.3. The Morgan fingerprint density at radius 3 is 2.59 bits per heavy atom. The summed E-state index contributed by atoms with van der Waals surface area (Å²) in [6.07, 6.45) is 3.51. The molecule has 0 atom stereocenters. The summed E-state index contributed by atoms with van der Waals surface area (Å²) < 4.78 is 39.1. The van der Waals surface area contributed by atoms with Gasteiger partial charge in [0, 0.05) is 24.5 Å². The lowest BCUT2D eigenvalue weighted by Crippen LogP contribution is -2.29. The summed E-state index contributed by atoms with van der Waals surface area (Å²) in [5.41, 5.74) is 1.35. The highest BCUT2D eigenvalue weighted by atomic mass is 32.2. The molecule has 1 aromatic heterocycles. The van der Waals surface area contributed by atoms with Crippen LogP contribution in [0.2, 0.25) is 0 Å². The number of hydrogen-bond acceptors (Lipinski definition) is 4. The fraction of sp³-hybridized carbons (Fsp3) is 0.158. The molecule has 2 aromatic carbocycles. The van der Waals surface area contributed by atoms with Crippen molar-refractivity contribution in [3.8, 4) is 0 Å². The number of rotatable bonds is 7. The van der Waals surface area contributed by atoms with Crippen molar-refractivity contribution < 1.29 is 17.6 Å². The topological polar surface area (TPSA) is 81.1 Å². The number of sulfone groups is 1. The van der Waals surface area contributed by atoms with E-state index in [-0.39, 0.29) is 23.1 Å². The van der Waals surface area contributed by atoms with Gasteiger partial charge in [-0.25, -0.2) is 12.8 Å². The van der Waals surface area contributed by atoms with E-state index in [2.05, 4.69) is 10.4 Å². The SMILES string of the molecule is O=C(NCCS(=O)(=O)c1ccc(F)cc1)c1cccc(Cn2cccn2)c1. The highest BCUT2D eigenvalue weighted by molar-refractivity contribution is 7.91. The normalized spacial score (nSPS) is 11.3. The van der Waals surface area contributed by atoms with Gasteiger partial charge in [-0.1, -0.05) is 12.1 Å². The molecule has 1 N–H and O–H groups in total. The quantitative estimate of drug-likeness (QED) is 0.631. The number of amides is 1. The molecule has 0 spiro atoms. The molecule has 0 aliphatic heterocycles. The zero-order valence-corrected chi connectivity index (χ0v) is 15.2. The standard InChI is InChI=1S/C19H18FN3O3S/c20-17-5-7-18(8-6-17)27(25,26)12-10-21-19(24)16-4-1-3-15(13-16)14-23-11-2-9-22-23/h1-9,11,13H,10,12,14H2,(H,21,24). The Hall–Kier alpha value is -3.00. The molecule has 1 amide bonds. The number of benzene rings is 2. The molecule has 0 saturated carbocycles. The van der Waals surface area contributed by atoms with Gasteiger partial charge in [0.15, 0.2) is 9.84 Å². The van der Waals surface area contributed by atoms with E-state index in [1.165, 1.54) is 12.1 Å². The molecule has 8 heteroatoms. The first kappa shape index (κ1) is 18.8. The molecule has 0 aliphatic carbocycles. The van der Waals surface area contributed by atoms with Crippen LogP contribution < -0.4 is 5.32 Å². The van der Waals surface area contributed by atoms with Crippen LogP contribution in [0.5, 0.6) is 0 Å². The van der Waals surface area contributed by atoms with Gasteiger partial charge >= 0.3 is 0 Å². The third-order valence-corrected chi connectivity index (χ3v) is 5.65. The predicted octanol–water partition coefficient (Wildman–Crippen LogP) is 2.27. The van der Waals surface area contributed by atoms with Crippen molar-refractivity contribution in [1.82, 2.24) is 15.1 Å². The number of nitrogens with zero attached hydrogens (tertiary/aromatic N) is 2. The highest BCUT2D eigenvalue weighted by Crippen LogP contribution is 2.12. The molecule has 0 saturated heterocycles. The summed E-state index contributed by atoms with van der Waals surface area (Å²) >= 11 is 0. The lowest BCUT2D eigenvalue weighted by molar-refractivity contribution is 0.0956. The average Bonchev–Trinajstić information content (AvgIpc) is 3.15. The van der Waals surface area contributed by atoms with E-state index in [4.69, 9.17) is 0 Å². The van der Waals surface area contributed by atoms with Gasteiger partial charge in [0.1, 0.15) is 5.82 Å². The van der Waals surface area contributed by atoms with E-state index in [0.29, 0.717) is 12.1 Å². The summed E-state index contributed by atoms with van der Waals surface area (Å²) in [6, 6.07) is 13.5. The fourth-order valence-corrected chi connectivity index (χ4v) is 3.71. The minimum Gasteiger partial charge on any atom is -0.351 e. The summed E-state index contributed by atoms with van der Waals surface area (Å²) in [6.45, 7) is 0.495. The number of aromatic nitrogens is 2. The number of carbonyl (C=O) groups excluding carboxylic acids is 1. The summed E-state index contributed by atoms with van der Waals surface area (Å²) in [7, 11) is -3.59. The van der Waals surface area contributed by atoms with Crippen LogP contribution >= 0.6 is 0 Å². The molecule has 0 aliphatic rings. The van der Waals surface area contributed by atoms with Crippen LogP contribution in [0.1, 0.15) is 15.9 Å². The Bertz CT molecular complexity index is 1020. The molecular formula is C19H18FN3O3S. The Balaban J connectivity index is 1.58. The molecule has 0 radical (unpaired) electrons. The molecule has 1 heterocycles. The molecule has 140 valence electrons. The largest absolute Gasteiger partial charge is 0.351 e. The van der Waals surface area contributed by atoms with Gasteiger partial charge in [0.25, 0.3) is 5.91 Å². The van der Waals surface area contributed by atoms with E-state index in [9.17, 15) is 17.6 Å².